The van der Waals surface area contributed by atoms with Gasteiger partial charge in [-0.15, -0.1) is 12.6 Å². The van der Waals surface area contributed by atoms with Crippen LogP contribution in [0.5, 0.6) is 0 Å². The van der Waals surface area contributed by atoms with Crippen molar-refractivity contribution in [2.45, 2.75) is 11.8 Å². The summed E-state index contributed by atoms with van der Waals surface area (Å²) in [5, 5.41) is 2.54. The highest BCUT2D eigenvalue weighted by atomic mass is 35.5. The number of hydrogen-bond donors (Lipinski definition) is 2. The summed E-state index contributed by atoms with van der Waals surface area (Å²) < 4.78 is 13.1. The van der Waals surface area contributed by atoms with Crippen molar-refractivity contribution in [3.8, 4) is 0 Å². The van der Waals surface area contributed by atoms with Gasteiger partial charge < -0.3 is 5.32 Å². The Balaban J connectivity index is 3.08. The summed E-state index contributed by atoms with van der Waals surface area (Å²) >= 11 is 9.58. The van der Waals surface area contributed by atoms with Gasteiger partial charge in [0.2, 0.25) is 5.91 Å². The van der Waals surface area contributed by atoms with Gasteiger partial charge in [0, 0.05) is 11.8 Å². The zero-order valence-corrected chi connectivity index (χ0v) is 8.42. The molecule has 13 heavy (non-hydrogen) atoms. The first-order valence-corrected chi connectivity index (χ1v) is 4.29. The molecule has 0 aliphatic heterocycles. The van der Waals surface area contributed by atoms with E-state index in [0.29, 0.717) is 4.90 Å². The number of anilines is 1. The molecular formula is C8H7ClFNOS. The van der Waals surface area contributed by atoms with Gasteiger partial charge in [0.15, 0.2) is 0 Å². The molecule has 5 heteroatoms. The third kappa shape index (κ3) is 2.60. The summed E-state index contributed by atoms with van der Waals surface area (Å²) in [4.78, 5) is 11.0. The molecule has 1 aromatic carbocycles. The minimum Gasteiger partial charge on any atom is -0.324 e. The fourth-order valence-corrected chi connectivity index (χ4v) is 1.17. The molecule has 0 aliphatic rings. The smallest absolute Gasteiger partial charge is 0.221 e. The average Bonchev–Trinajstić information content (AvgIpc) is 1.99. The zero-order valence-electron chi connectivity index (χ0n) is 6.77. The van der Waals surface area contributed by atoms with Crippen LogP contribution in [0.3, 0.4) is 0 Å². The highest BCUT2D eigenvalue weighted by molar-refractivity contribution is 7.80. The summed E-state index contributed by atoms with van der Waals surface area (Å²) in [6.45, 7) is 1.30. The van der Waals surface area contributed by atoms with Gasteiger partial charge in [-0.1, -0.05) is 11.6 Å². The minimum atomic E-state index is -0.571. The van der Waals surface area contributed by atoms with Crippen LogP contribution >= 0.6 is 24.2 Å². The second-order valence-corrected chi connectivity index (χ2v) is 3.35. The molecular weight excluding hydrogens is 213 g/mol. The fraction of sp³-hybridized carbons (Fsp3) is 0.125. The summed E-state index contributed by atoms with van der Waals surface area (Å²) in [7, 11) is 0. The number of carbonyl (C=O) groups excluding carboxylic acids is 1. The maximum atomic E-state index is 13.1. The van der Waals surface area contributed by atoms with Gasteiger partial charge in [-0.2, -0.15) is 0 Å². The molecule has 0 radical (unpaired) electrons. The van der Waals surface area contributed by atoms with E-state index in [2.05, 4.69) is 17.9 Å². The van der Waals surface area contributed by atoms with Gasteiger partial charge in [0.25, 0.3) is 0 Å². The monoisotopic (exact) mass is 219 g/mol. The van der Waals surface area contributed by atoms with Crippen molar-refractivity contribution in [3.05, 3.63) is 23.0 Å². The third-order valence-corrected chi connectivity index (χ3v) is 2.16. The van der Waals surface area contributed by atoms with Crippen molar-refractivity contribution in [3.63, 3.8) is 0 Å². The number of nitrogens with one attached hydrogen (secondary N) is 1. The molecule has 0 saturated carbocycles. The van der Waals surface area contributed by atoms with E-state index in [1.165, 1.54) is 13.0 Å². The summed E-state index contributed by atoms with van der Waals surface area (Å²) in [6, 6.07) is 2.47. The predicted molar refractivity (Wildman–Crippen MR) is 53.0 cm³/mol. The number of thiol groups is 1. The van der Waals surface area contributed by atoms with Crippen molar-refractivity contribution in [2.75, 3.05) is 5.32 Å². The molecule has 1 aromatic rings. The van der Waals surface area contributed by atoms with Crippen LogP contribution in [0.15, 0.2) is 17.0 Å². The van der Waals surface area contributed by atoms with Crippen LogP contribution in [0.4, 0.5) is 10.1 Å². The molecule has 0 unspecified atom stereocenters. The normalized spacial score (nSPS) is 9.85. The quantitative estimate of drug-likeness (QED) is 0.699. The molecule has 0 atom stereocenters. The Labute approximate surface area is 85.5 Å². The summed E-state index contributed by atoms with van der Waals surface area (Å²) in [5.74, 6) is -0.910. The van der Waals surface area contributed by atoms with E-state index in [1.54, 1.807) is 0 Å². The number of rotatable bonds is 1. The maximum Gasteiger partial charge on any atom is 0.221 e. The lowest BCUT2D eigenvalue weighted by Gasteiger charge is -2.05. The first kappa shape index (κ1) is 10.3. The molecule has 0 aliphatic carbocycles. The molecule has 0 fully saturated rings. The van der Waals surface area contributed by atoms with E-state index in [-0.39, 0.29) is 16.6 Å². The second-order valence-electron chi connectivity index (χ2n) is 2.46. The van der Waals surface area contributed by atoms with Crippen molar-refractivity contribution < 1.29 is 9.18 Å². The first-order chi connectivity index (χ1) is 6.00. The molecule has 0 heterocycles. The number of hydrogen-bond acceptors (Lipinski definition) is 2. The van der Waals surface area contributed by atoms with Crippen LogP contribution in [0.2, 0.25) is 5.02 Å². The van der Waals surface area contributed by atoms with Crippen LogP contribution in [0, 0.1) is 5.82 Å². The lowest BCUT2D eigenvalue weighted by molar-refractivity contribution is -0.114. The van der Waals surface area contributed by atoms with E-state index in [4.69, 9.17) is 11.6 Å². The van der Waals surface area contributed by atoms with Crippen molar-refractivity contribution in [1.82, 2.24) is 0 Å². The van der Waals surface area contributed by atoms with E-state index < -0.39 is 5.82 Å². The molecule has 0 aromatic heterocycles. The Bertz CT molecular complexity index is 356. The Kier molecular flexibility index (Phi) is 3.17. The van der Waals surface area contributed by atoms with Crippen molar-refractivity contribution in [1.29, 1.82) is 0 Å². The van der Waals surface area contributed by atoms with E-state index >= 15 is 0 Å². The highest BCUT2D eigenvalue weighted by Crippen LogP contribution is 2.26. The Morgan fingerprint density at radius 1 is 1.62 bits per heavy atom. The number of amides is 1. The summed E-state index contributed by atoms with van der Waals surface area (Å²) in [6.07, 6.45) is 0. The van der Waals surface area contributed by atoms with Crippen LogP contribution in [-0.2, 0) is 4.79 Å². The largest absolute Gasteiger partial charge is 0.324 e. The average molecular weight is 220 g/mol. The lowest BCUT2D eigenvalue weighted by atomic mass is 10.3. The summed E-state index contributed by atoms with van der Waals surface area (Å²) in [5.41, 5.74) is 0.0851. The predicted octanol–water partition coefficient (Wildman–Crippen LogP) is 2.73. The molecule has 1 rings (SSSR count). The van der Waals surface area contributed by atoms with Gasteiger partial charge in [-0.05, 0) is 12.1 Å². The molecule has 1 N–H and O–H groups in total. The van der Waals surface area contributed by atoms with Gasteiger partial charge in [0.05, 0.1) is 10.7 Å². The van der Waals surface area contributed by atoms with Crippen molar-refractivity contribution >= 4 is 35.8 Å². The topological polar surface area (TPSA) is 29.1 Å². The second kappa shape index (κ2) is 3.98. The van der Waals surface area contributed by atoms with Gasteiger partial charge in [-0.25, -0.2) is 4.39 Å². The van der Waals surface area contributed by atoms with Crippen LogP contribution in [-0.4, -0.2) is 5.91 Å². The maximum absolute atomic E-state index is 13.1. The highest BCUT2D eigenvalue weighted by Gasteiger charge is 2.07. The zero-order chi connectivity index (χ0) is 10.0. The van der Waals surface area contributed by atoms with Gasteiger partial charge >= 0.3 is 0 Å². The van der Waals surface area contributed by atoms with Crippen LogP contribution in [0.25, 0.3) is 0 Å². The standard InChI is InChI=1S/C8H7ClFNOS/c1-4(12)11-7-3-8(13)5(9)2-6(7)10/h2-3,13H,1H3,(H,11,12). The van der Waals surface area contributed by atoms with Crippen molar-refractivity contribution in [2.24, 2.45) is 0 Å². The molecule has 70 valence electrons. The van der Waals surface area contributed by atoms with Crippen LogP contribution in [0.1, 0.15) is 6.92 Å². The van der Waals surface area contributed by atoms with E-state index in [1.807, 2.05) is 0 Å². The van der Waals surface area contributed by atoms with E-state index in [0.717, 1.165) is 6.07 Å². The minimum absolute atomic E-state index is 0.0851. The molecule has 0 bridgehead atoms. The Morgan fingerprint density at radius 3 is 2.77 bits per heavy atom. The fourth-order valence-electron chi connectivity index (χ4n) is 0.823. The molecule has 0 saturated heterocycles. The van der Waals surface area contributed by atoms with E-state index in [9.17, 15) is 9.18 Å². The Hall–Kier alpha value is -0.740. The molecule has 0 spiro atoms. The SMILES string of the molecule is CC(=O)Nc1cc(S)c(Cl)cc1F. The molecule has 1 amide bonds. The van der Waals surface area contributed by atoms with Gasteiger partial charge in [-0.3, -0.25) is 4.79 Å². The Morgan fingerprint density at radius 2 is 2.23 bits per heavy atom. The number of halogens is 2. The number of benzene rings is 1. The third-order valence-electron chi connectivity index (χ3n) is 1.35. The molecule has 2 nitrogen and oxygen atoms in total. The van der Waals surface area contributed by atoms with Crippen LogP contribution < -0.4 is 5.32 Å². The lowest BCUT2D eigenvalue weighted by Crippen LogP contribution is -2.07. The number of carbonyl (C=O) groups is 1. The first-order valence-electron chi connectivity index (χ1n) is 3.46. The van der Waals surface area contributed by atoms with Gasteiger partial charge in [0.1, 0.15) is 5.82 Å².